The molecule has 0 unspecified atom stereocenters. The molecule has 4 nitrogen and oxygen atoms in total. The monoisotopic (exact) mass is 885 g/mol. The highest BCUT2D eigenvalue weighted by atomic mass is 16.3. The number of rotatable bonds is 4. The average molecular weight is 886 g/mol. The third-order valence-corrected chi connectivity index (χ3v) is 15.3. The lowest BCUT2D eigenvalue weighted by Crippen LogP contribution is -2.62. The minimum absolute atomic E-state index is 0.0154. The molecule has 0 atom stereocenters. The van der Waals surface area contributed by atoms with Crippen molar-refractivity contribution in [3.63, 3.8) is 0 Å². The van der Waals surface area contributed by atoms with Crippen molar-refractivity contribution in [2.45, 2.75) is 97.8 Å². The molecule has 4 heterocycles. The summed E-state index contributed by atoms with van der Waals surface area (Å²) in [5, 5.41) is 2.25. The van der Waals surface area contributed by atoms with Crippen LogP contribution in [0.1, 0.15) is 104 Å². The molecule has 336 valence electrons. The predicted molar refractivity (Wildman–Crippen MR) is 290 cm³/mol. The maximum Gasteiger partial charge on any atom is 0.333 e. The summed E-state index contributed by atoms with van der Waals surface area (Å²) in [5.74, 6) is 0. The average Bonchev–Trinajstić information content (AvgIpc) is 3.69. The summed E-state index contributed by atoms with van der Waals surface area (Å²) in [6, 6.07) is 62.0. The van der Waals surface area contributed by atoms with Gasteiger partial charge in [0.05, 0.1) is 5.69 Å². The van der Waals surface area contributed by atoms with Crippen molar-refractivity contribution in [3.8, 4) is 11.1 Å². The van der Waals surface area contributed by atoms with E-state index in [-0.39, 0.29) is 28.5 Å². The molecule has 8 aromatic carbocycles. The summed E-state index contributed by atoms with van der Waals surface area (Å²) in [6.45, 7) is 25.3. The maximum absolute atomic E-state index is 7.19. The van der Waals surface area contributed by atoms with Crippen LogP contribution in [0.4, 0.5) is 45.5 Å². The molecule has 1 aromatic heterocycles. The molecule has 12 rings (SSSR count). The molecule has 0 fully saturated rings. The van der Waals surface area contributed by atoms with E-state index >= 15 is 0 Å². The molecule has 68 heavy (non-hydrogen) atoms. The Kier molecular flexibility index (Phi) is 9.05. The first-order chi connectivity index (χ1) is 32.4. The first-order valence-corrected chi connectivity index (χ1v) is 24.5. The van der Waals surface area contributed by atoms with E-state index in [4.69, 9.17) is 4.42 Å². The third kappa shape index (κ3) is 6.27. The summed E-state index contributed by atoms with van der Waals surface area (Å²) in [5.41, 5.74) is 22.4. The Morgan fingerprint density at radius 1 is 0.500 bits per heavy atom. The fraction of sp³-hybridized carbons (Fsp3) is 0.238. The second kappa shape index (κ2) is 14.5. The zero-order chi connectivity index (χ0) is 47.2. The van der Waals surface area contributed by atoms with Crippen LogP contribution in [0, 0.1) is 0 Å². The summed E-state index contributed by atoms with van der Waals surface area (Å²) in [4.78, 5) is 7.68. The summed E-state index contributed by atoms with van der Waals surface area (Å²) in [6.07, 6.45) is 0. The number of hydrogen-bond donors (Lipinski definition) is 0. The van der Waals surface area contributed by atoms with Gasteiger partial charge in [-0.3, -0.25) is 0 Å². The van der Waals surface area contributed by atoms with E-state index in [9.17, 15) is 0 Å². The van der Waals surface area contributed by atoms with Crippen molar-refractivity contribution in [2.24, 2.45) is 0 Å². The van der Waals surface area contributed by atoms with Crippen molar-refractivity contribution >= 4 is 85.2 Å². The van der Waals surface area contributed by atoms with Crippen LogP contribution in [0.15, 0.2) is 168 Å². The van der Waals surface area contributed by atoms with E-state index in [1.807, 2.05) is 0 Å². The third-order valence-electron chi connectivity index (χ3n) is 15.3. The van der Waals surface area contributed by atoms with Crippen LogP contribution < -0.4 is 25.5 Å². The van der Waals surface area contributed by atoms with Crippen LogP contribution in [0.25, 0.3) is 33.1 Å². The van der Waals surface area contributed by atoms with E-state index < -0.39 is 0 Å². The second-order valence-corrected chi connectivity index (χ2v) is 23.1. The van der Waals surface area contributed by atoms with Crippen molar-refractivity contribution in [2.75, 3.05) is 14.6 Å². The van der Waals surface area contributed by atoms with Crippen molar-refractivity contribution in [1.82, 2.24) is 0 Å². The van der Waals surface area contributed by atoms with E-state index in [1.165, 1.54) is 55.8 Å². The molecular formula is C63H60BN3O. The van der Waals surface area contributed by atoms with Gasteiger partial charge in [0, 0.05) is 67.1 Å². The SMILES string of the molecule is CC(C)(C)c1ccc(N2B3c4cccc5c4N(c4ccccc4C5(C)C)c4cc5c(oc6ccccc65)c(c43)-c3cc(N(c4ccc(C(C)(C)C)cc4)c4cccc(C(C)(C)C)c4)ccc32)cc1. The van der Waals surface area contributed by atoms with Gasteiger partial charge >= 0.3 is 6.85 Å². The van der Waals surface area contributed by atoms with Crippen molar-refractivity contribution in [3.05, 3.63) is 192 Å². The lowest BCUT2D eigenvalue weighted by atomic mass is 9.42. The highest BCUT2D eigenvalue weighted by molar-refractivity contribution is 6.94. The molecule has 5 heteroatoms. The normalized spacial score (nSPS) is 14.7. The van der Waals surface area contributed by atoms with Gasteiger partial charge in [0.15, 0.2) is 0 Å². The Morgan fingerprint density at radius 2 is 1.12 bits per heavy atom. The largest absolute Gasteiger partial charge is 0.455 e. The Bertz CT molecular complexity index is 3500. The van der Waals surface area contributed by atoms with E-state index in [0.717, 1.165) is 61.5 Å². The van der Waals surface area contributed by atoms with Crippen LogP contribution >= 0.6 is 0 Å². The molecule has 0 spiro atoms. The minimum Gasteiger partial charge on any atom is -0.455 e. The first-order valence-electron chi connectivity index (χ1n) is 24.5. The van der Waals surface area contributed by atoms with Gasteiger partial charge < -0.3 is 19.0 Å². The van der Waals surface area contributed by atoms with Gasteiger partial charge in [0.2, 0.25) is 0 Å². The van der Waals surface area contributed by atoms with Crippen molar-refractivity contribution in [1.29, 1.82) is 0 Å². The van der Waals surface area contributed by atoms with Gasteiger partial charge in [-0.2, -0.15) is 0 Å². The smallest absolute Gasteiger partial charge is 0.333 e. The molecule has 0 aliphatic carbocycles. The topological polar surface area (TPSA) is 22.9 Å². The van der Waals surface area contributed by atoms with Crippen LogP contribution in [0.2, 0.25) is 0 Å². The molecule has 0 saturated carbocycles. The Morgan fingerprint density at radius 3 is 1.84 bits per heavy atom. The fourth-order valence-corrected chi connectivity index (χ4v) is 11.6. The number of benzene rings is 8. The molecule has 3 aliphatic rings. The number of nitrogens with zero attached hydrogens (tertiary/aromatic N) is 3. The molecule has 0 saturated heterocycles. The van der Waals surface area contributed by atoms with Crippen LogP contribution in [0.5, 0.6) is 0 Å². The quantitative estimate of drug-likeness (QED) is 0.164. The fourth-order valence-electron chi connectivity index (χ4n) is 11.6. The number of hydrogen-bond acceptors (Lipinski definition) is 4. The Hall–Kier alpha value is -6.98. The minimum atomic E-state index is -0.218. The lowest BCUT2D eigenvalue weighted by Gasteiger charge is -2.50. The maximum atomic E-state index is 7.19. The highest BCUT2D eigenvalue weighted by Crippen LogP contribution is 2.57. The van der Waals surface area contributed by atoms with Crippen LogP contribution in [0.3, 0.4) is 0 Å². The number of anilines is 8. The number of furan rings is 1. The summed E-state index contributed by atoms with van der Waals surface area (Å²) in [7, 11) is 0. The molecular weight excluding hydrogens is 826 g/mol. The standard InChI is InChI=1S/C63H60BN3O/c1-60(2,3)39-26-30-42(31-27-39)65(44-19-16-18-41(36-44)62(7,8)9)45-34-35-52-48(37-45)56-57-54(38-47-46-20-12-15-25-55(46)68-59(47)56)66-53-24-14-13-21-49(53)63(10,11)50-22-17-23-51(58(50)66)64(57)67(52)43-32-28-40(29-33-43)61(4,5)6/h12-38H,1-11H3. The summed E-state index contributed by atoms with van der Waals surface area (Å²) < 4.78 is 7.19. The van der Waals surface area contributed by atoms with E-state index in [1.54, 1.807) is 0 Å². The predicted octanol–water partition coefficient (Wildman–Crippen LogP) is 16.3. The zero-order valence-corrected chi connectivity index (χ0v) is 41.4. The first kappa shape index (κ1) is 42.4. The van der Waals surface area contributed by atoms with Gasteiger partial charge in [-0.1, -0.05) is 167 Å². The van der Waals surface area contributed by atoms with Gasteiger partial charge in [-0.05, 0) is 128 Å². The zero-order valence-electron chi connectivity index (χ0n) is 41.4. The Labute approximate surface area is 403 Å². The van der Waals surface area contributed by atoms with E-state index in [2.05, 4.69) is 255 Å². The van der Waals surface area contributed by atoms with Gasteiger partial charge in [0.25, 0.3) is 0 Å². The molecule has 0 N–H and O–H groups in total. The number of para-hydroxylation sites is 3. The van der Waals surface area contributed by atoms with Gasteiger partial charge in [0.1, 0.15) is 11.2 Å². The molecule has 0 radical (unpaired) electrons. The molecule has 0 amide bonds. The van der Waals surface area contributed by atoms with Crippen molar-refractivity contribution < 1.29 is 4.42 Å². The molecule has 9 aromatic rings. The van der Waals surface area contributed by atoms with Gasteiger partial charge in [-0.15, -0.1) is 0 Å². The lowest BCUT2D eigenvalue weighted by molar-refractivity contribution is 0.590. The number of fused-ring (bicyclic) bond motifs is 10. The Balaban J connectivity index is 1.20. The molecule has 0 bridgehead atoms. The van der Waals surface area contributed by atoms with Crippen LogP contribution in [-0.4, -0.2) is 6.85 Å². The van der Waals surface area contributed by atoms with Crippen LogP contribution in [-0.2, 0) is 21.7 Å². The second-order valence-electron chi connectivity index (χ2n) is 23.1. The molecule has 3 aliphatic heterocycles. The summed E-state index contributed by atoms with van der Waals surface area (Å²) >= 11 is 0. The van der Waals surface area contributed by atoms with Gasteiger partial charge in [-0.25, -0.2) is 0 Å². The van der Waals surface area contributed by atoms with E-state index in [0.29, 0.717) is 0 Å². The highest BCUT2D eigenvalue weighted by Gasteiger charge is 2.50.